The second-order valence-electron chi connectivity index (χ2n) is 15.3. The number of benzene rings is 7. The molecule has 3 nitrogen and oxygen atoms in total. The van der Waals surface area contributed by atoms with Crippen LogP contribution in [0.5, 0.6) is 0 Å². The molecule has 0 atom stereocenters. The van der Waals surface area contributed by atoms with Crippen LogP contribution >= 0.6 is 0 Å². The van der Waals surface area contributed by atoms with Crippen LogP contribution in [0.25, 0.3) is 78.3 Å². The summed E-state index contributed by atoms with van der Waals surface area (Å²) in [5.74, 6) is 2.10. The van der Waals surface area contributed by atoms with Crippen molar-refractivity contribution in [2.24, 2.45) is 0 Å². The summed E-state index contributed by atoms with van der Waals surface area (Å²) in [5.41, 5.74) is 10.7. The highest BCUT2D eigenvalue weighted by Gasteiger charge is 2.39. The summed E-state index contributed by atoms with van der Waals surface area (Å²) in [7, 11) is -3.67. The molecule has 0 saturated heterocycles. The Balaban J connectivity index is 1.15. The standard InChI is InChI=1S/C47H37N3Si2/c1-51(2)40-17-9-7-14-36(40)39-29-35(26-27-42(39)51)46-48-45(32-23-20-31(21-24-32)34-25-22-30-12-5-6-13-33(30)28-34)49-47(50-46)38-16-11-19-43-44(38)37-15-8-10-18-41(37)52(43,3)4/h5-29H,1-4H3. The van der Waals surface area contributed by atoms with E-state index in [-0.39, 0.29) is 0 Å². The predicted molar refractivity (Wildman–Crippen MR) is 223 cm³/mol. The molecule has 248 valence electrons. The maximum atomic E-state index is 5.31. The van der Waals surface area contributed by atoms with E-state index < -0.39 is 16.1 Å². The molecule has 0 N–H and O–H groups in total. The van der Waals surface area contributed by atoms with Gasteiger partial charge >= 0.3 is 0 Å². The monoisotopic (exact) mass is 699 g/mol. The van der Waals surface area contributed by atoms with E-state index in [9.17, 15) is 0 Å². The van der Waals surface area contributed by atoms with Crippen molar-refractivity contribution >= 4 is 47.7 Å². The summed E-state index contributed by atoms with van der Waals surface area (Å²) in [6, 6.07) is 55.3. The van der Waals surface area contributed by atoms with Gasteiger partial charge in [-0.1, -0.05) is 166 Å². The summed E-state index contributed by atoms with van der Waals surface area (Å²) in [4.78, 5) is 15.8. The smallest absolute Gasteiger partial charge is 0.164 e. The van der Waals surface area contributed by atoms with Gasteiger partial charge in [0.15, 0.2) is 17.5 Å². The summed E-state index contributed by atoms with van der Waals surface area (Å²) in [6.45, 7) is 9.82. The van der Waals surface area contributed by atoms with Crippen molar-refractivity contribution in [1.82, 2.24) is 15.0 Å². The second kappa shape index (κ2) is 11.4. The van der Waals surface area contributed by atoms with Gasteiger partial charge in [0.2, 0.25) is 0 Å². The van der Waals surface area contributed by atoms with Crippen molar-refractivity contribution in [3.05, 3.63) is 152 Å². The Labute approximate surface area is 306 Å². The zero-order valence-electron chi connectivity index (χ0n) is 29.8. The number of hydrogen-bond donors (Lipinski definition) is 0. The lowest BCUT2D eigenvalue weighted by Gasteiger charge is -2.19. The number of rotatable bonds is 4. The lowest BCUT2D eigenvalue weighted by atomic mass is 9.98. The van der Waals surface area contributed by atoms with Crippen molar-refractivity contribution in [1.29, 1.82) is 0 Å². The number of hydrogen-bond acceptors (Lipinski definition) is 3. The fourth-order valence-electron chi connectivity index (χ4n) is 8.74. The van der Waals surface area contributed by atoms with Gasteiger partial charge in [-0.25, -0.2) is 15.0 Å². The molecule has 2 aliphatic rings. The molecule has 5 heteroatoms. The van der Waals surface area contributed by atoms with Crippen molar-refractivity contribution in [3.8, 4) is 67.5 Å². The second-order valence-corrected chi connectivity index (χ2v) is 23.9. The third-order valence-corrected chi connectivity index (χ3v) is 18.7. The Morgan fingerprint density at radius 3 is 1.63 bits per heavy atom. The van der Waals surface area contributed by atoms with Crippen LogP contribution in [-0.4, -0.2) is 31.1 Å². The fraction of sp³-hybridized carbons (Fsp3) is 0.0851. The molecule has 0 amide bonds. The van der Waals surface area contributed by atoms with Crippen LogP contribution in [0, 0.1) is 0 Å². The van der Waals surface area contributed by atoms with E-state index in [1.165, 1.54) is 59.3 Å². The van der Waals surface area contributed by atoms with Gasteiger partial charge in [0, 0.05) is 16.7 Å². The molecule has 0 saturated carbocycles. The van der Waals surface area contributed by atoms with Crippen LogP contribution in [-0.2, 0) is 0 Å². The average molecular weight is 700 g/mol. The molecular formula is C47H37N3Si2. The maximum Gasteiger partial charge on any atom is 0.164 e. The molecule has 0 aliphatic carbocycles. The highest BCUT2D eigenvalue weighted by Crippen LogP contribution is 2.37. The molecule has 0 radical (unpaired) electrons. The molecule has 2 aliphatic heterocycles. The summed E-state index contributed by atoms with van der Waals surface area (Å²) in [6.07, 6.45) is 0. The fourth-order valence-corrected chi connectivity index (χ4v) is 14.9. The van der Waals surface area contributed by atoms with Gasteiger partial charge in [-0.3, -0.25) is 0 Å². The predicted octanol–water partition coefficient (Wildman–Crippen LogP) is 9.30. The SMILES string of the molecule is C[Si]1(C)c2ccccc2-c2cc(-c3nc(-c4ccc(-c5ccc6ccccc6c5)cc4)nc(-c4cccc5c4-c4ccccc4[Si]5(C)C)n3)ccc21. The largest absolute Gasteiger partial charge is 0.208 e. The highest BCUT2D eigenvalue weighted by atomic mass is 28.3. The van der Waals surface area contributed by atoms with Gasteiger partial charge in [-0.15, -0.1) is 0 Å². The molecule has 7 aromatic carbocycles. The third-order valence-electron chi connectivity index (χ3n) is 11.6. The first kappa shape index (κ1) is 31.0. The molecule has 0 bridgehead atoms. The summed E-state index contributed by atoms with van der Waals surface area (Å²) >= 11 is 0. The number of nitrogens with zero attached hydrogens (tertiary/aromatic N) is 3. The summed E-state index contributed by atoms with van der Waals surface area (Å²) in [5, 5.41) is 8.37. The minimum Gasteiger partial charge on any atom is -0.208 e. The molecule has 8 aromatic rings. The number of fused-ring (bicyclic) bond motifs is 7. The lowest BCUT2D eigenvalue weighted by Crippen LogP contribution is -2.49. The van der Waals surface area contributed by atoms with E-state index in [0.29, 0.717) is 17.5 Å². The zero-order valence-corrected chi connectivity index (χ0v) is 31.8. The molecule has 1 aromatic heterocycles. The minimum atomic E-state index is -1.88. The van der Waals surface area contributed by atoms with E-state index in [4.69, 9.17) is 15.0 Å². The first-order chi connectivity index (χ1) is 25.3. The van der Waals surface area contributed by atoms with Crippen molar-refractivity contribution in [3.63, 3.8) is 0 Å². The van der Waals surface area contributed by atoms with Gasteiger partial charge in [0.1, 0.15) is 16.1 Å². The van der Waals surface area contributed by atoms with Crippen molar-refractivity contribution in [2.45, 2.75) is 26.2 Å². The Hall–Kier alpha value is -5.76. The molecule has 0 unspecified atom stereocenters. The van der Waals surface area contributed by atoms with Crippen molar-refractivity contribution < 1.29 is 0 Å². The van der Waals surface area contributed by atoms with E-state index in [1.54, 1.807) is 0 Å². The molecule has 3 heterocycles. The van der Waals surface area contributed by atoms with E-state index in [0.717, 1.165) is 22.3 Å². The molecule has 10 rings (SSSR count). The topological polar surface area (TPSA) is 38.7 Å². The van der Waals surface area contributed by atoms with E-state index >= 15 is 0 Å². The van der Waals surface area contributed by atoms with Crippen LogP contribution in [0.3, 0.4) is 0 Å². The molecule has 52 heavy (non-hydrogen) atoms. The van der Waals surface area contributed by atoms with Crippen molar-refractivity contribution in [2.75, 3.05) is 0 Å². The minimum absolute atomic E-state index is 0.682. The molecule has 0 fully saturated rings. The summed E-state index contributed by atoms with van der Waals surface area (Å²) < 4.78 is 0. The highest BCUT2D eigenvalue weighted by molar-refractivity contribution is 7.04. The van der Waals surface area contributed by atoms with Gasteiger partial charge in [-0.2, -0.15) is 0 Å². The third kappa shape index (κ3) is 4.66. The first-order valence-corrected chi connectivity index (χ1v) is 24.1. The number of aromatic nitrogens is 3. The Bertz CT molecular complexity index is 2750. The first-order valence-electron chi connectivity index (χ1n) is 18.1. The zero-order chi connectivity index (χ0) is 35.2. The lowest BCUT2D eigenvalue weighted by molar-refractivity contribution is 1.07. The maximum absolute atomic E-state index is 5.31. The molecular weight excluding hydrogens is 663 g/mol. The van der Waals surface area contributed by atoms with E-state index in [2.05, 4.69) is 178 Å². The Kier molecular flexibility index (Phi) is 6.78. The van der Waals surface area contributed by atoms with Gasteiger partial charge in [0.05, 0.1) is 0 Å². The van der Waals surface area contributed by atoms with Gasteiger partial charge < -0.3 is 0 Å². The Morgan fingerprint density at radius 1 is 0.327 bits per heavy atom. The quantitative estimate of drug-likeness (QED) is 0.172. The van der Waals surface area contributed by atoms with Gasteiger partial charge in [-0.05, 0) is 77.0 Å². The van der Waals surface area contributed by atoms with E-state index in [1.807, 2.05) is 0 Å². The van der Waals surface area contributed by atoms with Crippen LogP contribution in [0.4, 0.5) is 0 Å². The Morgan fingerprint density at radius 2 is 0.846 bits per heavy atom. The van der Waals surface area contributed by atoms with Crippen LogP contribution in [0.15, 0.2) is 152 Å². The van der Waals surface area contributed by atoms with Crippen LogP contribution < -0.4 is 20.7 Å². The average Bonchev–Trinajstić information content (AvgIpc) is 3.57. The van der Waals surface area contributed by atoms with Crippen LogP contribution in [0.1, 0.15) is 0 Å². The van der Waals surface area contributed by atoms with Gasteiger partial charge in [0.25, 0.3) is 0 Å². The van der Waals surface area contributed by atoms with Crippen LogP contribution in [0.2, 0.25) is 26.2 Å². The normalized spacial score (nSPS) is 14.5. The molecule has 0 spiro atoms.